The molecule has 124 valence electrons. The van der Waals surface area contributed by atoms with Crippen molar-refractivity contribution in [2.45, 2.75) is 26.4 Å². The van der Waals surface area contributed by atoms with Gasteiger partial charge in [0.05, 0.1) is 13.2 Å². The summed E-state index contributed by atoms with van der Waals surface area (Å²) in [6.45, 7) is 3.99. The van der Waals surface area contributed by atoms with Crippen molar-refractivity contribution in [2.75, 3.05) is 13.7 Å². The summed E-state index contributed by atoms with van der Waals surface area (Å²) in [6, 6.07) is 13.5. The zero-order chi connectivity index (χ0) is 16.9. The molecule has 0 atom stereocenters. The van der Waals surface area contributed by atoms with Gasteiger partial charge >= 0.3 is 0 Å². The number of rotatable bonds is 6. The predicted octanol–water partition coefficient (Wildman–Crippen LogP) is 3.68. The normalized spacial score (nSPS) is 12.1. The van der Waals surface area contributed by atoms with Crippen LogP contribution >= 0.6 is 0 Å². The van der Waals surface area contributed by atoms with Gasteiger partial charge in [0.2, 0.25) is 0 Å². The number of ether oxygens (including phenoxy) is 1. The number of carbonyl (C=O) groups excluding carboxylic acids is 1. The van der Waals surface area contributed by atoms with Gasteiger partial charge in [0, 0.05) is 25.4 Å². The quantitative estimate of drug-likeness (QED) is 0.814. The Labute approximate surface area is 142 Å². The Balaban J connectivity index is 1.72. The highest BCUT2D eigenvalue weighted by atomic mass is 16.5. The van der Waals surface area contributed by atoms with E-state index in [2.05, 4.69) is 24.0 Å². The van der Waals surface area contributed by atoms with Gasteiger partial charge in [0.1, 0.15) is 5.75 Å². The molecule has 4 heteroatoms. The maximum Gasteiger partial charge on any atom is 0.254 e. The number of fused-ring (bicyclic) bond motifs is 1. The van der Waals surface area contributed by atoms with Crippen molar-refractivity contribution >= 4 is 12.1 Å². The van der Waals surface area contributed by atoms with E-state index >= 15 is 0 Å². The summed E-state index contributed by atoms with van der Waals surface area (Å²) in [6.07, 6.45) is 2.84. The van der Waals surface area contributed by atoms with Crippen LogP contribution in [0.3, 0.4) is 0 Å². The van der Waals surface area contributed by atoms with Gasteiger partial charge in [-0.25, -0.2) is 0 Å². The molecule has 0 saturated heterocycles. The molecule has 24 heavy (non-hydrogen) atoms. The first kappa shape index (κ1) is 16.2. The lowest BCUT2D eigenvalue weighted by Crippen LogP contribution is -2.26. The number of nitrogens with zero attached hydrogens (tertiary/aromatic N) is 2. The molecular formula is C20H22N2O2. The van der Waals surface area contributed by atoms with Gasteiger partial charge in [0.25, 0.3) is 5.91 Å². The standard InChI is InChI=1S/C20H22N2O2/c1-3-10-24-18-9-5-6-15(11-18)20(23)22(2)14-17-8-4-7-16-12-21-13-19(16)17/h4-9,11-12H,3,10,13-14H2,1-2H3. The Morgan fingerprint density at radius 2 is 2.08 bits per heavy atom. The van der Waals surface area contributed by atoms with Crippen LogP contribution in [0.4, 0.5) is 0 Å². The molecule has 1 aliphatic heterocycles. The second-order valence-corrected chi connectivity index (χ2v) is 5.99. The van der Waals surface area contributed by atoms with Crippen LogP contribution in [-0.4, -0.2) is 30.7 Å². The van der Waals surface area contributed by atoms with Gasteiger partial charge in [0.15, 0.2) is 0 Å². The zero-order valence-corrected chi connectivity index (χ0v) is 14.2. The number of aliphatic imine (C=N–C) groups is 1. The van der Waals surface area contributed by atoms with Gasteiger partial charge in [-0.2, -0.15) is 0 Å². The van der Waals surface area contributed by atoms with E-state index in [1.165, 1.54) is 5.56 Å². The molecule has 1 amide bonds. The van der Waals surface area contributed by atoms with E-state index in [-0.39, 0.29) is 5.91 Å². The molecule has 4 nitrogen and oxygen atoms in total. The molecule has 0 fully saturated rings. The minimum absolute atomic E-state index is 0.00605. The molecule has 2 aromatic rings. The Kier molecular flexibility index (Phi) is 4.94. The predicted molar refractivity (Wildman–Crippen MR) is 95.8 cm³/mol. The fraction of sp³-hybridized carbons (Fsp3) is 0.300. The van der Waals surface area contributed by atoms with Crippen LogP contribution in [-0.2, 0) is 13.1 Å². The third kappa shape index (κ3) is 3.48. The fourth-order valence-corrected chi connectivity index (χ4v) is 2.84. The van der Waals surface area contributed by atoms with E-state index in [1.807, 2.05) is 43.6 Å². The summed E-state index contributed by atoms with van der Waals surface area (Å²) in [5.41, 5.74) is 4.18. The third-order valence-corrected chi connectivity index (χ3v) is 4.10. The molecule has 3 rings (SSSR count). The van der Waals surface area contributed by atoms with E-state index in [0.717, 1.165) is 23.3 Å². The highest BCUT2D eigenvalue weighted by Gasteiger charge is 2.16. The second-order valence-electron chi connectivity index (χ2n) is 5.99. The number of carbonyl (C=O) groups is 1. The minimum Gasteiger partial charge on any atom is -0.494 e. The fourth-order valence-electron chi connectivity index (χ4n) is 2.84. The van der Waals surface area contributed by atoms with Crippen LogP contribution < -0.4 is 4.74 Å². The summed E-state index contributed by atoms with van der Waals surface area (Å²) in [7, 11) is 1.83. The van der Waals surface area contributed by atoms with Crippen molar-refractivity contribution in [3.8, 4) is 5.75 Å². The molecule has 0 spiro atoms. The molecule has 0 unspecified atom stereocenters. The van der Waals surface area contributed by atoms with Gasteiger partial charge in [-0.1, -0.05) is 31.2 Å². The van der Waals surface area contributed by atoms with Crippen LogP contribution in [0.5, 0.6) is 5.75 Å². The van der Waals surface area contributed by atoms with E-state index in [9.17, 15) is 4.79 Å². The Hall–Kier alpha value is -2.62. The molecule has 2 aromatic carbocycles. The smallest absolute Gasteiger partial charge is 0.254 e. The lowest BCUT2D eigenvalue weighted by molar-refractivity contribution is 0.0784. The van der Waals surface area contributed by atoms with Gasteiger partial charge in [-0.15, -0.1) is 0 Å². The molecule has 0 N–H and O–H groups in total. The zero-order valence-electron chi connectivity index (χ0n) is 14.2. The van der Waals surface area contributed by atoms with E-state index in [1.54, 1.807) is 4.90 Å². The van der Waals surface area contributed by atoms with Crippen molar-refractivity contribution in [3.05, 3.63) is 64.7 Å². The summed E-state index contributed by atoms with van der Waals surface area (Å²) in [5, 5.41) is 0. The highest BCUT2D eigenvalue weighted by molar-refractivity contribution is 5.94. The van der Waals surface area contributed by atoms with Gasteiger partial charge < -0.3 is 9.64 Å². The highest BCUT2D eigenvalue weighted by Crippen LogP contribution is 2.21. The molecular weight excluding hydrogens is 300 g/mol. The molecule has 0 aromatic heterocycles. The topological polar surface area (TPSA) is 41.9 Å². The molecule has 0 aliphatic carbocycles. The lowest BCUT2D eigenvalue weighted by atomic mass is 10.0. The van der Waals surface area contributed by atoms with Gasteiger partial charge in [-0.3, -0.25) is 9.79 Å². The van der Waals surface area contributed by atoms with Crippen molar-refractivity contribution in [3.63, 3.8) is 0 Å². The van der Waals surface area contributed by atoms with Crippen LogP contribution in [0.2, 0.25) is 0 Å². The molecule has 0 radical (unpaired) electrons. The first-order chi connectivity index (χ1) is 11.7. The lowest BCUT2D eigenvalue weighted by Gasteiger charge is -2.19. The summed E-state index contributed by atoms with van der Waals surface area (Å²) < 4.78 is 5.62. The SMILES string of the molecule is CCCOc1cccc(C(=O)N(C)Cc2cccc3c2CN=C3)c1. The average Bonchev–Trinajstić information content (AvgIpc) is 3.09. The van der Waals surface area contributed by atoms with Crippen LogP contribution in [0.15, 0.2) is 47.5 Å². The number of amides is 1. The molecule has 1 heterocycles. The summed E-state index contributed by atoms with van der Waals surface area (Å²) in [5.74, 6) is 0.735. The van der Waals surface area contributed by atoms with E-state index in [4.69, 9.17) is 4.74 Å². The number of benzene rings is 2. The van der Waals surface area contributed by atoms with Crippen LogP contribution in [0.1, 0.15) is 40.4 Å². The number of hydrogen-bond donors (Lipinski definition) is 0. The number of hydrogen-bond acceptors (Lipinski definition) is 3. The molecule has 0 saturated carbocycles. The van der Waals surface area contributed by atoms with Crippen molar-refractivity contribution in [2.24, 2.45) is 4.99 Å². The van der Waals surface area contributed by atoms with Crippen molar-refractivity contribution < 1.29 is 9.53 Å². The Morgan fingerprint density at radius 1 is 1.25 bits per heavy atom. The average molecular weight is 322 g/mol. The Morgan fingerprint density at radius 3 is 2.92 bits per heavy atom. The first-order valence-electron chi connectivity index (χ1n) is 8.28. The van der Waals surface area contributed by atoms with E-state index in [0.29, 0.717) is 25.3 Å². The Bertz CT molecular complexity index is 768. The van der Waals surface area contributed by atoms with Crippen LogP contribution in [0, 0.1) is 0 Å². The monoisotopic (exact) mass is 322 g/mol. The summed E-state index contributed by atoms with van der Waals surface area (Å²) >= 11 is 0. The maximum atomic E-state index is 12.7. The van der Waals surface area contributed by atoms with Crippen molar-refractivity contribution in [1.82, 2.24) is 4.90 Å². The largest absolute Gasteiger partial charge is 0.494 e. The third-order valence-electron chi connectivity index (χ3n) is 4.10. The maximum absolute atomic E-state index is 12.7. The first-order valence-corrected chi connectivity index (χ1v) is 8.28. The molecule has 1 aliphatic rings. The summed E-state index contributed by atoms with van der Waals surface area (Å²) in [4.78, 5) is 18.8. The van der Waals surface area contributed by atoms with Gasteiger partial charge in [-0.05, 0) is 41.3 Å². The van der Waals surface area contributed by atoms with Crippen LogP contribution in [0.25, 0.3) is 0 Å². The van der Waals surface area contributed by atoms with Crippen molar-refractivity contribution in [1.29, 1.82) is 0 Å². The second kappa shape index (κ2) is 7.30. The molecule has 0 bridgehead atoms. The van der Waals surface area contributed by atoms with E-state index < -0.39 is 0 Å². The minimum atomic E-state index is -0.00605.